The fourth-order valence-electron chi connectivity index (χ4n) is 5.29. The third kappa shape index (κ3) is 5.90. The molecule has 1 aromatic heterocycles. The van der Waals surface area contributed by atoms with Crippen molar-refractivity contribution in [3.05, 3.63) is 77.6 Å². The van der Waals surface area contributed by atoms with E-state index in [1.165, 1.54) is 53.5 Å². The van der Waals surface area contributed by atoms with Gasteiger partial charge in [0.15, 0.2) is 9.84 Å². The minimum absolute atomic E-state index is 0. The number of rotatable bonds is 9. The number of ether oxygens (including phenoxy) is 1. The second kappa shape index (κ2) is 11.1. The first-order valence-corrected chi connectivity index (χ1v) is 13.9. The molecular formula is C27H34ClN3O3S. The van der Waals surface area contributed by atoms with E-state index in [0.717, 1.165) is 18.6 Å². The van der Waals surface area contributed by atoms with Crippen molar-refractivity contribution in [1.82, 2.24) is 14.7 Å². The minimum Gasteiger partial charge on any atom is -0.494 e. The van der Waals surface area contributed by atoms with Gasteiger partial charge in [-0.1, -0.05) is 36.4 Å². The lowest BCUT2D eigenvalue weighted by molar-refractivity contribution is 0.0876. The number of benzene rings is 2. The van der Waals surface area contributed by atoms with Crippen LogP contribution in [0.4, 0.5) is 0 Å². The molecule has 2 aliphatic rings. The van der Waals surface area contributed by atoms with Gasteiger partial charge in [-0.05, 0) is 74.0 Å². The van der Waals surface area contributed by atoms with Gasteiger partial charge in [0.25, 0.3) is 0 Å². The first-order valence-electron chi connectivity index (χ1n) is 12.2. The fraction of sp³-hybridized carbons (Fsp3) is 0.444. The van der Waals surface area contributed by atoms with Gasteiger partial charge in [0, 0.05) is 25.2 Å². The average Bonchev–Trinajstić information content (AvgIpc) is 3.25. The smallest absolute Gasteiger partial charge is 0.181 e. The highest BCUT2D eigenvalue weighted by molar-refractivity contribution is 7.91. The van der Waals surface area contributed by atoms with E-state index in [1.54, 1.807) is 13.2 Å². The van der Waals surface area contributed by atoms with E-state index in [9.17, 15) is 8.42 Å². The second-order valence-electron chi connectivity index (χ2n) is 9.52. The van der Waals surface area contributed by atoms with Crippen molar-refractivity contribution in [3.8, 4) is 5.75 Å². The Morgan fingerprint density at radius 1 is 1.11 bits per heavy atom. The highest BCUT2D eigenvalue weighted by Crippen LogP contribution is 2.40. The van der Waals surface area contributed by atoms with E-state index in [2.05, 4.69) is 52.5 Å². The Bertz CT molecular complexity index is 1230. The zero-order valence-corrected chi connectivity index (χ0v) is 21.8. The lowest BCUT2D eigenvalue weighted by Gasteiger charge is -2.45. The van der Waals surface area contributed by atoms with E-state index >= 15 is 0 Å². The molecule has 3 aromatic rings. The number of fused-ring (bicyclic) bond motifs is 1. The predicted molar refractivity (Wildman–Crippen MR) is 140 cm³/mol. The van der Waals surface area contributed by atoms with E-state index in [0.29, 0.717) is 25.0 Å². The van der Waals surface area contributed by atoms with Crippen molar-refractivity contribution in [2.45, 2.75) is 49.0 Å². The molecule has 5 rings (SSSR count). The molecule has 1 fully saturated rings. The van der Waals surface area contributed by atoms with Crippen molar-refractivity contribution in [1.29, 1.82) is 0 Å². The van der Waals surface area contributed by atoms with Crippen LogP contribution in [0.15, 0.2) is 65.8 Å². The standard InChI is InChI=1S/C27H33N3O3S.ClH/c1-29-20-24(19-28-29)34(31,32)16-6-15-33-23-11-9-22-10-12-27(30-13-5-14-30)26(25(22)18-23)17-21-7-3-2-4-8-21;/h2-4,7-9,11,18-20,26-27H,5-6,10,12-17H2,1H3;1H. The van der Waals surface area contributed by atoms with Gasteiger partial charge in [-0.2, -0.15) is 5.10 Å². The Morgan fingerprint density at radius 2 is 1.91 bits per heavy atom. The van der Waals surface area contributed by atoms with Crippen LogP contribution in [0.2, 0.25) is 0 Å². The second-order valence-corrected chi connectivity index (χ2v) is 11.6. The number of aromatic nitrogens is 2. The largest absolute Gasteiger partial charge is 0.494 e. The number of halogens is 1. The molecule has 0 saturated carbocycles. The fourth-order valence-corrected chi connectivity index (χ4v) is 6.54. The first-order chi connectivity index (χ1) is 16.5. The normalized spacial score (nSPS) is 19.9. The summed E-state index contributed by atoms with van der Waals surface area (Å²) in [6.07, 6.45) is 8.02. The Labute approximate surface area is 214 Å². The summed E-state index contributed by atoms with van der Waals surface area (Å²) in [6.45, 7) is 2.77. The van der Waals surface area contributed by atoms with Gasteiger partial charge in [-0.25, -0.2) is 8.42 Å². The Kier molecular flexibility index (Phi) is 8.19. The zero-order chi connectivity index (χ0) is 23.5. The maximum absolute atomic E-state index is 12.5. The van der Waals surface area contributed by atoms with Crippen LogP contribution in [0, 0.1) is 0 Å². The summed E-state index contributed by atoms with van der Waals surface area (Å²) in [6, 6.07) is 17.8. The van der Waals surface area contributed by atoms with Gasteiger partial charge < -0.3 is 4.74 Å². The van der Waals surface area contributed by atoms with Crippen LogP contribution >= 0.6 is 12.4 Å². The van der Waals surface area contributed by atoms with Crippen LogP contribution in [0.25, 0.3) is 0 Å². The molecule has 35 heavy (non-hydrogen) atoms. The molecule has 2 heterocycles. The summed E-state index contributed by atoms with van der Waals surface area (Å²) in [5, 5.41) is 3.97. The van der Waals surface area contributed by atoms with Crippen LogP contribution in [0.5, 0.6) is 5.75 Å². The molecule has 0 radical (unpaired) electrons. The summed E-state index contributed by atoms with van der Waals surface area (Å²) < 4.78 is 32.5. The third-order valence-corrected chi connectivity index (χ3v) is 8.97. The molecule has 1 aliphatic heterocycles. The summed E-state index contributed by atoms with van der Waals surface area (Å²) >= 11 is 0. The summed E-state index contributed by atoms with van der Waals surface area (Å²) in [5.41, 5.74) is 4.19. The molecule has 2 unspecified atom stereocenters. The van der Waals surface area contributed by atoms with Crippen molar-refractivity contribution in [3.63, 3.8) is 0 Å². The number of likely N-dealkylation sites (tertiary alicyclic amines) is 1. The highest BCUT2D eigenvalue weighted by Gasteiger charge is 2.36. The zero-order valence-electron chi connectivity index (χ0n) is 20.2. The molecule has 0 bridgehead atoms. The maximum atomic E-state index is 12.5. The van der Waals surface area contributed by atoms with Crippen molar-refractivity contribution in [2.75, 3.05) is 25.4 Å². The molecule has 0 N–H and O–H groups in total. The van der Waals surface area contributed by atoms with Gasteiger partial charge in [-0.15, -0.1) is 12.4 Å². The van der Waals surface area contributed by atoms with Crippen molar-refractivity contribution in [2.24, 2.45) is 7.05 Å². The molecule has 1 aliphatic carbocycles. The van der Waals surface area contributed by atoms with Crippen molar-refractivity contribution < 1.29 is 13.2 Å². The monoisotopic (exact) mass is 515 g/mol. The van der Waals surface area contributed by atoms with Gasteiger partial charge >= 0.3 is 0 Å². The van der Waals surface area contributed by atoms with Crippen LogP contribution in [-0.4, -0.2) is 54.6 Å². The number of hydrogen-bond acceptors (Lipinski definition) is 5. The Morgan fingerprint density at radius 3 is 2.60 bits per heavy atom. The topological polar surface area (TPSA) is 64.4 Å². The van der Waals surface area contributed by atoms with E-state index < -0.39 is 9.84 Å². The Balaban J connectivity index is 0.00000289. The lowest BCUT2D eigenvalue weighted by Crippen LogP contribution is -2.49. The first kappa shape index (κ1) is 25.7. The summed E-state index contributed by atoms with van der Waals surface area (Å²) in [5.74, 6) is 1.33. The molecule has 1 saturated heterocycles. The maximum Gasteiger partial charge on any atom is 0.181 e. The molecule has 0 amide bonds. The molecule has 6 nitrogen and oxygen atoms in total. The van der Waals surface area contributed by atoms with E-state index in [1.807, 2.05) is 6.07 Å². The average molecular weight is 516 g/mol. The van der Waals surface area contributed by atoms with E-state index in [4.69, 9.17) is 4.74 Å². The van der Waals surface area contributed by atoms with Gasteiger partial charge in [0.1, 0.15) is 10.6 Å². The molecular weight excluding hydrogens is 482 g/mol. The van der Waals surface area contributed by atoms with Gasteiger partial charge in [-0.3, -0.25) is 9.58 Å². The van der Waals surface area contributed by atoms with Gasteiger partial charge in [0.2, 0.25) is 0 Å². The molecule has 0 spiro atoms. The number of aryl methyl sites for hydroxylation is 2. The quantitative estimate of drug-likeness (QED) is 0.394. The van der Waals surface area contributed by atoms with Crippen LogP contribution in [0.3, 0.4) is 0 Å². The molecule has 2 atom stereocenters. The molecule has 2 aromatic carbocycles. The number of sulfone groups is 1. The summed E-state index contributed by atoms with van der Waals surface area (Å²) in [4.78, 5) is 2.91. The lowest BCUT2D eigenvalue weighted by atomic mass is 9.75. The third-order valence-electron chi connectivity index (χ3n) is 7.22. The highest BCUT2D eigenvalue weighted by atomic mass is 35.5. The van der Waals surface area contributed by atoms with E-state index in [-0.39, 0.29) is 23.1 Å². The van der Waals surface area contributed by atoms with Crippen LogP contribution < -0.4 is 4.74 Å². The van der Waals surface area contributed by atoms with Gasteiger partial charge in [0.05, 0.1) is 18.6 Å². The van der Waals surface area contributed by atoms with Crippen LogP contribution in [-0.2, 0) is 29.7 Å². The predicted octanol–water partition coefficient (Wildman–Crippen LogP) is 4.43. The Hall–Kier alpha value is -2.35. The SMILES string of the molecule is Cl.Cn1cc(S(=O)(=O)CCCOc2ccc3c(c2)C(Cc2ccccc2)C(N2CCC2)CC3)cn1. The molecule has 8 heteroatoms. The summed E-state index contributed by atoms with van der Waals surface area (Å²) in [7, 11) is -1.62. The number of nitrogens with zero attached hydrogens (tertiary/aromatic N) is 3. The minimum atomic E-state index is -3.33. The number of hydrogen-bond donors (Lipinski definition) is 0. The van der Waals surface area contributed by atoms with Crippen LogP contribution in [0.1, 0.15) is 41.9 Å². The van der Waals surface area contributed by atoms with Crippen molar-refractivity contribution >= 4 is 22.2 Å². The molecule has 188 valence electrons.